The fourth-order valence-electron chi connectivity index (χ4n) is 2.28. The van der Waals surface area contributed by atoms with Crippen molar-refractivity contribution < 1.29 is 19.0 Å². The van der Waals surface area contributed by atoms with Crippen LogP contribution in [0.5, 0.6) is 17.2 Å². The number of benzene rings is 2. The number of methoxy groups -OCH3 is 2. The van der Waals surface area contributed by atoms with E-state index in [4.69, 9.17) is 26.4 Å². The van der Waals surface area contributed by atoms with Crippen LogP contribution in [-0.4, -0.2) is 31.8 Å². The lowest BCUT2D eigenvalue weighted by molar-refractivity contribution is -0.115. The average molecular weight is 398 g/mol. The number of para-hydroxylation sites is 2. The maximum absolute atomic E-state index is 12.1. The van der Waals surface area contributed by atoms with Gasteiger partial charge in [-0.3, -0.25) is 10.1 Å². The van der Waals surface area contributed by atoms with E-state index in [-0.39, 0.29) is 11.0 Å². The van der Waals surface area contributed by atoms with Gasteiger partial charge in [-0.2, -0.15) is 0 Å². The van der Waals surface area contributed by atoms with Gasteiger partial charge in [0.15, 0.2) is 16.6 Å². The third-order valence-corrected chi connectivity index (χ3v) is 3.77. The van der Waals surface area contributed by atoms with Gasteiger partial charge in [-0.05, 0) is 48.1 Å². The highest BCUT2D eigenvalue weighted by Crippen LogP contribution is 2.28. The van der Waals surface area contributed by atoms with Crippen molar-refractivity contribution in [3.05, 3.63) is 66.8 Å². The van der Waals surface area contributed by atoms with Crippen molar-refractivity contribution in [2.45, 2.75) is 0 Å². The summed E-state index contributed by atoms with van der Waals surface area (Å²) >= 11 is 5.20. The Balaban J connectivity index is 1.97. The molecule has 0 fully saturated rings. The second-order valence-electron chi connectivity index (χ2n) is 5.49. The van der Waals surface area contributed by atoms with Gasteiger partial charge in [0.25, 0.3) is 0 Å². The Morgan fingerprint density at radius 1 is 1.11 bits per heavy atom. The van der Waals surface area contributed by atoms with Gasteiger partial charge in [-0.1, -0.05) is 30.9 Å². The Bertz CT molecular complexity index is 880. The molecule has 0 aliphatic carbocycles. The van der Waals surface area contributed by atoms with Gasteiger partial charge in [0.05, 0.1) is 19.9 Å². The maximum Gasteiger partial charge on any atom is 0.250 e. The van der Waals surface area contributed by atoms with E-state index in [1.54, 1.807) is 50.6 Å². The van der Waals surface area contributed by atoms with Crippen LogP contribution in [0.2, 0.25) is 0 Å². The first-order chi connectivity index (χ1) is 13.6. The number of hydrogen-bond donors (Lipinski definition) is 2. The molecule has 2 N–H and O–H groups in total. The number of amides is 1. The summed E-state index contributed by atoms with van der Waals surface area (Å²) in [6.45, 7) is 3.99. The number of hydrogen-bond acceptors (Lipinski definition) is 5. The molecule has 7 heteroatoms. The third-order valence-electron chi connectivity index (χ3n) is 3.56. The number of anilines is 1. The summed E-state index contributed by atoms with van der Waals surface area (Å²) in [6, 6.07) is 12.6. The molecule has 0 heterocycles. The smallest absolute Gasteiger partial charge is 0.250 e. The van der Waals surface area contributed by atoms with E-state index in [1.165, 1.54) is 6.08 Å². The van der Waals surface area contributed by atoms with Crippen molar-refractivity contribution >= 4 is 35.0 Å². The van der Waals surface area contributed by atoms with Crippen molar-refractivity contribution in [2.75, 3.05) is 26.1 Å². The van der Waals surface area contributed by atoms with Gasteiger partial charge in [-0.15, -0.1) is 0 Å². The number of rotatable bonds is 8. The molecule has 0 aromatic heterocycles. The zero-order valence-electron chi connectivity index (χ0n) is 15.7. The number of carbonyl (C=O) groups excluding carboxylic acids is 1. The van der Waals surface area contributed by atoms with Crippen molar-refractivity contribution in [3.63, 3.8) is 0 Å². The maximum atomic E-state index is 12.1. The summed E-state index contributed by atoms with van der Waals surface area (Å²) in [5.74, 6) is 1.45. The summed E-state index contributed by atoms with van der Waals surface area (Å²) in [5.41, 5.74) is 1.44. The molecule has 146 valence electrons. The van der Waals surface area contributed by atoms with Gasteiger partial charge in [0.1, 0.15) is 12.4 Å². The Kier molecular flexibility index (Phi) is 8.05. The minimum absolute atomic E-state index is 0.164. The predicted molar refractivity (Wildman–Crippen MR) is 115 cm³/mol. The average Bonchev–Trinajstić information content (AvgIpc) is 2.71. The van der Waals surface area contributed by atoms with Crippen LogP contribution in [0.4, 0.5) is 5.69 Å². The van der Waals surface area contributed by atoms with Crippen molar-refractivity contribution in [3.8, 4) is 17.2 Å². The third kappa shape index (κ3) is 6.14. The van der Waals surface area contributed by atoms with E-state index < -0.39 is 0 Å². The summed E-state index contributed by atoms with van der Waals surface area (Å²) in [6.07, 6.45) is 4.69. The van der Waals surface area contributed by atoms with Gasteiger partial charge >= 0.3 is 0 Å². The van der Waals surface area contributed by atoms with E-state index in [1.807, 2.05) is 18.2 Å². The van der Waals surface area contributed by atoms with Crippen LogP contribution in [0, 0.1) is 0 Å². The highest BCUT2D eigenvalue weighted by Gasteiger charge is 2.07. The summed E-state index contributed by atoms with van der Waals surface area (Å²) < 4.78 is 16.0. The number of nitrogens with one attached hydrogen (secondary N) is 2. The first kappa shape index (κ1) is 21.0. The highest BCUT2D eigenvalue weighted by molar-refractivity contribution is 7.80. The Hall–Kier alpha value is -3.32. The van der Waals surface area contributed by atoms with Crippen LogP contribution in [-0.2, 0) is 4.79 Å². The zero-order chi connectivity index (χ0) is 20.4. The largest absolute Gasteiger partial charge is 0.493 e. The summed E-state index contributed by atoms with van der Waals surface area (Å²) in [7, 11) is 3.12. The molecule has 0 aliphatic heterocycles. The molecule has 0 saturated heterocycles. The van der Waals surface area contributed by atoms with E-state index in [0.29, 0.717) is 29.5 Å². The molecule has 0 atom stereocenters. The topological polar surface area (TPSA) is 68.8 Å². The van der Waals surface area contributed by atoms with Gasteiger partial charge in [0, 0.05) is 6.08 Å². The van der Waals surface area contributed by atoms with Crippen LogP contribution in [0.3, 0.4) is 0 Å². The minimum Gasteiger partial charge on any atom is -0.493 e. The van der Waals surface area contributed by atoms with Crippen LogP contribution in [0.15, 0.2) is 61.2 Å². The molecule has 0 aliphatic rings. The quantitative estimate of drug-likeness (QED) is 0.401. The second kappa shape index (κ2) is 10.7. The Morgan fingerprint density at radius 2 is 1.86 bits per heavy atom. The molecule has 2 aromatic rings. The molecule has 0 saturated carbocycles. The van der Waals surface area contributed by atoms with E-state index in [0.717, 1.165) is 5.56 Å². The molecule has 6 nitrogen and oxygen atoms in total. The van der Waals surface area contributed by atoms with E-state index >= 15 is 0 Å². The monoisotopic (exact) mass is 398 g/mol. The zero-order valence-corrected chi connectivity index (χ0v) is 16.5. The molecule has 2 rings (SSSR count). The van der Waals surface area contributed by atoms with Crippen molar-refractivity contribution in [2.24, 2.45) is 0 Å². The van der Waals surface area contributed by atoms with Gasteiger partial charge in [0.2, 0.25) is 5.91 Å². The normalized spacial score (nSPS) is 10.2. The predicted octanol–water partition coefficient (Wildman–Crippen LogP) is 3.80. The molecular formula is C21H22N2O4S. The molecule has 0 spiro atoms. The fraction of sp³-hybridized carbons (Fsp3) is 0.143. The highest BCUT2D eigenvalue weighted by atomic mass is 32.1. The minimum atomic E-state index is -0.364. The summed E-state index contributed by atoms with van der Waals surface area (Å²) in [5, 5.41) is 5.71. The van der Waals surface area contributed by atoms with Gasteiger partial charge < -0.3 is 19.5 Å². The first-order valence-corrected chi connectivity index (χ1v) is 8.83. The molecule has 2 aromatic carbocycles. The molecular weight excluding hydrogens is 376 g/mol. The number of ether oxygens (including phenoxy) is 3. The molecule has 0 bridgehead atoms. The van der Waals surface area contributed by atoms with Crippen molar-refractivity contribution in [1.29, 1.82) is 0 Å². The number of carbonyl (C=O) groups is 1. The standard InChI is InChI=1S/C21H22N2O4S/c1-4-13-27-17-8-6-5-7-16(17)22-21(28)23-20(24)12-10-15-9-11-18(25-2)19(14-15)26-3/h4-12,14H,1,13H2,2-3H3,(H2,22,23,24,28)/b12-10+. The van der Waals surface area contributed by atoms with Crippen LogP contribution >= 0.6 is 12.2 Å². The molecule has 0 unspecified atom stereocenters. The lowest BCUT2D eigenvalue weighted by Gasteiger charge is -2.13. The first-order valence-electron chi connectivity index (χ1n) is 8.42. The van der Waals surface area contributed by atoms with E-state index in [9.17, 15) is 4.79 Å². The van der Waals surface area contributed by atoms with Crippen LogP contribution in [0.25, 0.3) is 6.08 Å². The lowest BCUT2D eigenvalue weighted by Crippen LogP contribution is -2.32. The van der Waals surface area contributed by atoms with Crippen LogP contribution in [0.1, 0.15) is 5.56 Å². The summed E-state index contributed by atoms with van der Waals surface area (Å²) in [4.78, 5) is 12.1. The van der Waals surface area contributed by atoms with Crippen LogP contribution < -0.4 is 24.8 Å². The Labute approximate surface area is 169 Å². The molecule has 1 amide bonds. The SMILES string of the molecule is C=CCOc1ccccc1NC(=S)NC(=O)/C=C/c1ccc(OC)c(OC)c1. The van der Waals surface area contributed by atoms with Crippen molar-refractivity contribution in [1.82, 2.24) is 5.32 Å². The second-order valence-corrected chi connectivity index (χ2v) is 5.90. The number of thiocarbonyl (C=S) groups is 1. The Morgan fingerprint density at radius 3 is 2.57 bits per heavy atom. The molecule has 0 radical (unpaired) electrons. The van der Waals surface area contributed by atoms with E-state index in [2.05, 4.69) is 17.2 Å². The fourth-order valence-corrected chi connectivity index (χ4v) is 2.49. The molecule has 28 heavy (non-hydrogen) atoms. The lowest BCUT2D eigenvalue weighted by atomic mass is 10.2. The van der Waals surface area contributed by atoms with Gasteiger partial charge in [-0.25, -0.2) is 0 Å².